The molecule has 1 aliphatic heterocycles. The van der Waals surface area contributed by atoms with Crippen LogP contribution in [0.1, 0.15) is 33.6 Å². The molecule has 0 aromatic carbocycles. The minimum Gasteiger partial charge on any atom is -0.316 e. The van der Waals surface area contributed by atoms with Crippen molar-refractivity contribution in [2.45, 2.75) is 33.6 Å². The zero-order valence-electron chi connectivity index (χ0n) is 8.31. The maximum Gasteiger partial charge on any atom is 0.142 e. The van der Waals surface area contributed by atoms with Crippen LogP contribution in [0.3, 0.4) is 0 Å². The van der Waals surface area contributed by atoms with E-state index in [1.165, 1.54) is 0 Å². The van der Waals surface area contributed by atoms with E-state index in [1.54, 1.807) is 0 Å². The molecule has 1 unspecified atom stereocenters. The Bertz CT molecular complexity index is 169. The SMILES string of the molecule is CC(C)C(=O)C1(C)CCCNC1. The molecule has 1 aliphatic rings. The van der Waals surface area contributed by atoms with E-state index >= 15 is 0 Å². The minimum atomic E-state index is -0.0909. The summed E-state index contributed by atoms with van der Waals surface area (Å²) in [5.74, 6) is 0.588. The fourth-order valence-corrected chi connectivity index (χ4v) is 1.96. The van der Waals surface area contributed by atoms with Crippen molar-refractivity contribution in [1.82, 2.24) is 5.32 Å². The van der Waals surface area contributed by atoms with Crippen molar-refractivity contribution in [3.05, 3.63) is 0 Å². The van der Waals surface area contributed by atoms with E-state index < -0.39 is 0 Å². The lowest BCUT2D eigenvalue weighted by molar-refractivity contribution is -0.131. The van der Waals surface area contributed by atoms with Crippen molar-refractivity contribution in [3.63, 3.8) is 0 Å². The molecule has 12 heavy (non-hydrogen) atoms. The molecule has 0 amide bonds. The predicted octanol–water partition coefficient (Wildman–Crippen LogP) is 1.60. The van der Waals surface area contributed by atoms with Crippen LogP contribution in [-0.2, 0) is 4.79 Å². The monoisotopic (exact) mass is 169 g/mol. The van der Waals surface area contributed by atoms with Gasteiger partial charge in [0.2, 0.25) is 0 Å². The topological polar surface area (TPSA) is 29.1 Å². The molecule has 0 bridgehead atoms. The normalized spacial score (nSPS) is 30.7. The lowest BCUT2D eigenvalue weighted by Crippen LogP contribution is -2.44. The summed E-state index contributed by atoms with van der Waals surface area (Å²) in [4.78, 5) is 11.8. The number of hydrogen-bond donors (Lipinski definition) is 1. The van der Waals surface area contributed by atoms with Gasteiger partial charge in [-0.1, -0.05) is 20.8 Å². The molecule has 1 fully saturated rings. The number of nitrogens with one attached hydrogen (secondary N) is 1. The van der Waals surface area contributed by atoms with Gasteiger partial charge in [0.15, 0.2) is 0 Å². The van der Waals surface area contributed by atoms with E-state index in [9.17, 15) is 4.79 Å². The Hall–Kier alpha value is -0.370. The van der Waals surface area contributed by atoms with E-state index in [0.717, 1.165) is 25.9 Å². The van der Waals surface area contributed by atoms with E-state index in [2.05, 4.69) is 12.2 Å². The van der Waals surface area contributed by atoms with Gasteiger partial charge in [-0.3, -0.25) is 4.79 Å². The third-order valence-corrected chi connectivity index (χ3v) is 2.72. The first-order valence-electron chi connectivity index (χ1n) is 4.81. The molecule has 1 saturated heterocycles. The number of rotatable bonds is 2. The number of carbonyl (C=O) groups excluding carboxylic acids is 1. The zero-order valence-corrected chi connectivity index (χ0v) is 8.31. The first-order valence-corrected chi connectivity index (χ1v) is 4.81. The summed E-state index contributed by atoms with van der Waals surface area (Å²) < 4.78 is 0. The third-order valence-electron chi connectivity index (χ3n) is 2.72. The molecule has 1 N–H and O–H groups in total. The zero-order chi connectivity index (χ0) is 9.19. The van der Waals surface area contributed by atoms with Gasteiger partial charge in [0.05, 0.1) is 0 Å². The maximum atomic E-state index is 11.8. The molecular formula is C10H19NO. The number of carbonyl (C=O) groups is 1. The van der Waals surface area contributed by atoms with Crippen molar-refractivity contribution < 1.29 is 4.79 Å². The van der Waals surface area contributed by atoms with Crippen LogP contribution in [0.2, 0.25) is 0 Å². The van der Waals surface area contributed by atoms with Gasteiger partial charge in [-0.25, -0.2) is 0 Å². The smallest absolute Gasteiger partial charge is 0.142 e. The van der Waals surface area contributed by atoms with Gasteiger partial charge in [-0.2, -0.15) is 0 Å². The van der Waals surface area contributed by atoms with Crippen LogP contribution in [0.15, 0.2) is 0 Å². The molecule has 1 heterocycles. The van der Waals surface area contributed by atoms with E-state index in [4.69, 9.17) is 0 Å². The van der Waals surface area contributed by atoms with Gasteiger partial charge in [0, 0.05) is 17.9 Å². The molecular weight excluding hydrogens is 150 g/mol. The Balaban J connectivity index is 2.62. The lowest BCUT2D eigenvalue weighted by atomic mass is 9.75. The molecule has 0 radical (unpaired) electrons. The maximum absolute atomic E-state index is 11.8. The van der Waals surface area contributed by atoms with Gasteiger partial charge >= 0.3 is 0 Å². The van der Waals surface area contributed by atoms with Gasteiger partial charge in [0.1, 0.15) is 5.78 Å². The van der Waals surface area contributed by atoms with Gasteiger partial charge in [-0.05, 0) is 19.4 Å². The summed E-state index contributed by atoms with van der Waals surface area (Å²) in [5.41, 5.74) is -0.0909. The van der Waals surface area contributed by atoms with Crippen molar-refractivity contribution in [3.8, 4) is 0 Å². The second-order valence-electron chi connectivity index (χ2n) is 4.36. The highest BCUT2D eigenvalue weighted by Gasteiger charge is 2.35. The largest absolute Gasteiger partial charge is 0.316 e. The number of ketones is 1. The first-order chi connectivity index (χ1) is 5.56. The summed E-state index contributed by atoms with van der Waals surface area (Å²) in [5, 5.41) is 3.29. The summed E-state index contributed by atoms with van der Waals surface area (Å²) >= 11 is 0. The molecule has 70 valence electrons. The van der Waals surface area contributed by atoms with Crippen LogP contribution in [-0.4, -0.2) is 18.9 Å². The highest BCUT2D eigenvalue weighted by Crippen LogP contribution is 2.29. The van der Waals surface area contributed by atoms with Crippen LogP contribution < -0.4 is 5.32 Å². The molecule has 2 nitrogen and oxygen atoms in total. The quantitative estimate of drug-likeness (QED) is 0.680. The number of Topliss-reactive ketones (excluding diaryl/α,β-unsaturated/α-hetero) is 1. The standard InChI is InChI=1S/C10H19NO/c1-8(2)9(12)10(3)5-4-6-11-7-10/h8,11H,4-7H2,1-3H3. The van der Waals surface area contributed by atoms with Gasteiger partial charge < -0.3 is 5.32 Å². The first kappa shape index (κ1) is 9.72. The predicted molar refractivity (Wildman–Crippen MR) is 50.1 cm³/mol. The van der Waals surface area contributed by atoms with Crippen LogP contribution in [0.4, 0.5) is 0 Å². The Kier molecular flexibility index (Phi) is 2.89. The van der Waals surface area contributed by atoms with Crippen LogP contribution in [0, 0.1) is 11.3 Å². The van der Waals surface area contributed by atoms with Gasteiger partial charge in [-0.15, -0.1) is 0 Å². The minimum absolute atomic E-state index is 0.0909. The Morgan fingerprint density at radius 2 is 2.17 bits per heavy atom. The van der Waals surface area contributed by atoms with Crippen molar-refractivity contribution in [1.29, 1.82) is 0 Å². The second-order valence-corrected chi connectivity index (χ2v) is 4.36. The van der Waals surface area contributed by atoms with E-state index in [0.29, 0.717) is 5.78 Å². The average molecular weight is 169 g/mol. The molecule has 0 aromatic rings. The number of hydrogen-bond acceptors (Lipinski definition) is 2. The fraction of sp³-hybridized carbons (Fsp3) is 0.900. The van der Waals surface area contributed by atoms with E-state index in [-0.39, 0.29) is 11.3 Å². The Labute approximate surface area is 74.7 Å². The molecule has 0 spiro atoms. The fourth-order valence-electron chi connectivity index (χ4n) is 1.96. The highest BCUT2D eigenvalue weighted by molar-refractivity contribution is 5.86. The Morgan fingerprint density at radius 1 is 1.50 bits per heavy atom. The average Bonchev–Trinajstić information content (AvgIpc) is 2.04. The molecule has 2 heteroatoms. The number of piperidine rings is 1. The van der Waals surface area contributed by atoms with Crippen LogP contribution in [0.5, 0.6) is 0 Å². The Morgan fingerprint density at radius 3 is 2.58 bits per heavy atom. The summed E-state index contributed by atoms with van der Waals surface area (Å²) in [6.07, 6.45) is 2.19. The summed E-state index contributed by atoms with van der Waals surface area (Å²) in [6, 6.07) is 0. The molecule has 1 rings (SSSR count). The molecule has 0 aliphatic carbocycles. The third kappa shape index (κ3) is 1.86. The summed E-state index contributed by atoms with van der Waals surface area (Å²) in [6.45, 7) is 8.00. The van der Waals surface area contributed by atoms with Crippen molar-refractivity contribution >= 4 is 5.78 Å². The second kappa shape index (κ2) is 3.56. The van der Waals surface area contributed by atoms with Gasteiger partial charge in [0.25, 0.3) is 0 Å². The molecule has 0 aromatic heterocycles. The summed E-state index contributed by atoms with van der Waals surface area (Å²) in [7, 11) is 0. The highest BCUT2D eigenvalue weighted by atomic mass is 16.1. The van der Waals surface area contributed by atoms with Crippen molar-refractivity contribution in [2.75, 3.05) is 13.1 Å². The van der Waals surface area contributed by atoms with Crippen LogP contribution in [0.25, 0.3) is 0 Å². The lowest BCUT2D eigenvalue weighted by Gasteiger charge is -2.33. The van der Waals surface area contributed by atoms with Crippen LogP contribution >= 0.6 is 0 Å². The molecule has 1 atom stereocenters. The van der Waals surface area contributed by atoms with Crippen molar-refractivity contribution in [2.24, 2.45) is 11.3 Å². The van der Waals surface area contributed by atoms with E-state index in [1.807, 2.05) is 13.8 Å². The molecule has 0 saturated carbocycles.